The maximum Gasteiger partial charge on any atom is 0.245 e. The Morgan fingerprint density at radius 1 is 1.05 bits per heavy atom. The molecule has 0 aliphatic heterocycles. The molecule has 0 aliphatic carbocycles. The van der Waals surface area contributed by atoms with E-state index in [2.05, 4.69) is 17.8 Å². The third-order valence-corrected chi connectivity index (χ3v) is 1.84. The number of hydrogen-bond acceptors (Lipinski definition) is 5. The number of amides is 1. The summed E-state index contributed by atoms with van der Waals surface area (Å²) in [5.74, 6) is 2.10. The third kappa shape index (κ3) is 14.6. The van der Waals surface area contributed by atoms with E-state index in [0.717, 1.165) is 0 Å². The second-order valence-corrected chi connectivity index (χ2v) is 3.28. The highest BCUT2D eigenvalue weighted by Crippen LogP contribution is 1.82. The summed E-state index contributed by atoms with van der Waals surface area (Å²) in [6, 6.07) is 0. The van der Waals surface area contributed by atoms with Crippen LogP contribution in [0, 0.1) is 12.3 Å². The van der Waals surface area contributed by atoms with Crippen LogP contribution in [0.2, 0.25) is 0 Å². The van der Waals surface area contributed by atoms with Gasteiger partial charge >= 0.3 is 0 Å². The zero-order valence-electron chi connectivity index (χ0n) is 11.1. The molecule has 0 aromatic heterocycles. The summed E-state index contributed by atoms with van der Waals surface area (Å²) in [7, 11) is 0. The van der Waals surface area contributed by atoms with E-state index >= 15 is 0 Å². The fourth-order valence-electron chi connectivity index (χ4n) is 0.955. The monoisotopic (exact) mass is 271 g/mol. The molecule has 0 radical (unpaired) electrons. The highest BCUT2D eigenvalue weighted by atomic mass is 16.6. The summed E-state index contributed by atoms with van der Waals surface area (Å²) in [5, 5.41) is 2.48. The number of terminal acetylenes is 1. The maximum absolute atomic E-state index is 10.7. The lowest BCUT2D eigenvalue weighted by Gasteiger charge is -2.07. The first-order valence-electron chi connectivity index (χ1n) is 5.96. The molecule has 6 nitrogen and oxygen atoms in total. The average Bonchev–Trinajstić information content (AvgIpc) is 2.43. The highest BCUT2D eigenvalue weighted by Gasteiger charge is 1.93. The van der Waals surface area contributed by atoms with Crippen molar-refractivity contribution in [2.75, 3.05) is 53.0 Å². The van der Waals surface area contributed by atoms with Gasteiger partial charge in [0.25, 0.3) is 0 Å². The maximum atomic E-state index is 10.7. The van der Waals surface area contributed by atoms with Gasteiger partial charge in [0.05, 0.1) is 39.6 Å². The van der Waals surface area contributed by atoms with Gasteiger partial charge in [0.1, 0.15) is 13.3 Å². The van der Waals surface area contributed by atoms with Crippen molar-refractivity contribution < 1.29 is 23.7 Å². The molecule has 1 N–H and O–H groups in total. The summed E-state index contributed by atoms with van der Waals surface area (Å²) in [4.78, 5) is 10.7. The van der Waals surface area contributed by atoms with Crippen molar-refractivity contribution in [1.82, 2.24) is 5.32 Å². The van der Waals surface area contributed by atoms with Gasteiger partial charge < -0.3 is 24.3 Å². The van der Waals surface area contributed by atoms with Crippen molar-refractivity contribution in [3.05, 3.63) is 12.7 Å². The van der Waals surface area contributed by atoms with Crippen molar-refractivity contribution >= 4 is 5.91 Å². The Kier molecular flexibility index (Phi) is 13.6. The number of carbonyl (C=O) groups is 1. The van der Waals surface area contributed by atoms with Gasteiger partial charge in [-0.15, -0.1) is 6.42 Å². The van der Waals surface area contributed by atoms with Gasteiger partial charge in [-0.25, -0.2) is 0 Å². The Morgan fingerprint density at radius 3 is 2.11 bits per heavy atom. The molecule has 0 aliphatic rings. The Balaban J connectivity index is 3.01. The van der Waals surface area contributed by atoms with Crippen LogP contribution < -0.4 is 5.32 Å². The second-order valence-electron chi connectivity index (χ2n) is 3.28. The predicted molar refractivity (Wildman–Crippen MR) is 70.4 cm³/mol. The molecule has 0 saturated heterocycles. The van der Waals surface area contributed by atoms with Crippen LogP contribution in [-0.4, -0.2) is 58.9 Å². The molecule has 6 heteroatoms. The molecule has 0 saturated carbocycles. The first-order valence-corrected chi connectivity index (χ1v) is 5.96. The Labute approximate surface area is 114 Å². The van der Waals surface area contributed by atoms with Gasteiger partial charge in [0.2, 0.25) is 5.91 Å². The van der Waals surface area contributed by atoms with E-state index in [1.54, 1.807) is 0 Å². The minimum Gasteiger partial charge on any atom is -0.377 e. The van der Waals surface area contributed by atoms with E-state index in [-0.39, 0.29) is 12.6 Å². The van der Waals surface area contributed by atoms with Crippen LogP contribution >= 0.6 is 0 Å². The molecule has 108 valence electrons. The minimum atomic E-state index is -0.263. The van der Waals surface area contributed by atoms with Crippen molar-refractivity contribution in [2.45, 2.75) is 0 Å². The van der Waals surface area contributed by atoms with Crippen molar-refractivity contribution in [3.63, 3.8) is 0 Å². The molecule has 19 heavy (non-hydrogen) atoms. The van der Waals surface area contributed by atoms with Crippen LogP contribution in [0.4, 0.5) is 0 Å². The number of hydrogen-bond donors (Lipinski definition) is 1. The number of carbonyl (C=O) groups excluding carboxylic acids is 1. The fraction of sp³-hybridized carbons (Fsp3) is 0.615. The zero-order chi connectivity index (χ0) is 14.2. The SMILES string of the molecule is C#CCOCCOCCOCCOCNC(=O)C=C. The smallest absolute Gasteiger partial charge is 0.245 e. The summed E-state index contributed by atoms with van der Waals surface area (Å²) in [6.45, 7) is 6.58. The fourth-order valence-corrected chi connectivity index (χ4v) is 0.955. The quantitative estimate of drug-likeness (QED) is 0.220. The summed E-state index contributed by atoms with van der Waals surface area (Å²) in [5.41, 5.74) is 0. The van der Waals surface area contributed by atoms with E-state index in [9.17, 15) is 4.79 Å². The third-order valence-electron chi connectivity index (χ3n) is 1.84. The Hall–Kier alpha value is -1.39. The molecule has 0 rings (SSSR count). The first-order chi connectivity index (χ1) is 9.31. The zero-order valence-corrected chi connectivity index (χ0v) is 11.1. The Morgan fingerprint density at radius 2 is 1.58 bits per heavy atom. The lowest BCUT2D eigenvalue weighted by atomic mass is 10.6. The van der Waals surface area contributed by atoms with Gasteiger partial charge in [-0.2, -0.15) is 0 Å². The molecule has 0 aromatic carbocycles. The molecule has 0 heterocycles. The van der Waals surface area contributed by atoms with E-state index in [1.165, 1.54) is 6.08 Å². The standard InChI is InChI=1S/C13H21NO5/c1-3-5-16-6-7-17-8-9-18-10-11-19-12-14-13(15)4-2/h1,4H,2,5-12H2,(H,14,15). The minimum absolute atomic E-state index is 0.150. The summed E-state index contributed by atoms with van der Waals surface area (Å²) in [6.07, 6.45) is 6.19. The summed E-state index contributed by atoms with van der Waals surface area (Å²) >= 11 is 0. The first kappa shape index (κ1) is 17.6. The van der Waals surface area contributed by atoms with Crippen LogP contribution in [0.25, 0.3) is 0 Å². The van der Waals surface area contributed by atoms with Gasteiger partial charge in [-0.3, -0.25) is 4.79 Å². The van der Waals surface area contributed by atoms with E-state index in [0.29, 0.717) is 46.2 Å². The molecule has 0 fully saturated rings. The molecular formula is C13H21NO5. The Bertz CT molecular complexity index is 275. The lowest BCUT2D eigenvalue weighted by molar-refractivity contribution is -0.118. The van der Waals surface area contributed by atoms with Crippen molar-refractivity contribution in [3.8, 4) is 12.3 Å². The molecule has 0 atom stereocenters. The van der Waals surface area contributed by atoms with Crippen LogP contribution in [0.3, 0.4) is 0 Å². The van der Waals surface area contributed by atoms with Crippen LogP contribution in [-0.2, 0) is 23.7 Å². The number of nitrogens with one attached hydrogen (secondary N) is 1. The van der Waals surface area contributed by atoms with Gasteiger partial charge in [-0.1, -0.05) is 12.5 Å². The van der Waals surface area contributed by atoms with E-state index in [1.807, 2.05) is 0 Å². The summed E-state index contributed by atoms with van der Waals surface area (Å²) < 4.78 is 20.6. The van der Waals surface area contributed by atoms with Crippen molar-refractivity contribution in [2.24, 2.45) is 0 Å². The van der Waals surface area contributed by atoms with E-state index in [4.69, 9.17) is 25.4 Å². The van der Waals surface area contributed by atoms with Crippen LogP contribution in [0.1, 0.15) is 0 Å². The van der Waals surface area contributed by atoms with Gasteiger partial charge in [0.15, 0.2) is 0 Å². The second kappa shape index (κ2) is 14.7. The number of ether oxygens (including phenoxy) is 4. The lowest BCUT2D eigenvalue weighted by Crippen LogP contribution is -2.25. The molecule has 0 aromatic rings. The molecule has 0 bridgehead atoms. The normalized spacial score (nSPS) is 9.84. The molecular weight excluding hydrogens is 250 g/mol. The average molecular weight is 271 g/mol. The molecule has 1 amide bonds. The molecule has 0 spiro atoms. The van der Waals surface area contributed by atoms with Crippen LogP contribution in [0.15, 0.2) is 12.7 Å². The topological polar surface area (TPSA) is 66.0 Å². The highest BCUT2D eigenvalue weighted by molar-refractivity contribution is 5.86. The van der Waals surface area contributed by atoms with Crippen molar-refractivity contribution in [1.29, 1.82) is 0 Å². The number of rotatable bonds is 13. The van der Waals surface area contributed by atoms with Gasteiger partial charge in [-0.05, 0) is 6.08 Å². The largest absolute Gasteiger partial charge is 0.377 e. The van der Waals surface area contributed by atoms with E-state index < -0.39 is 0 Å². The van der Waals surface area contributed by atoms with Crippen LogP contribution in [0.5, 0.6) is 0 Å². The predicted octanol–water partition coefficient (Wildman–Crippen LogP) is -0.0543. The molecule has 0 unspecified atom stereocenters. The van der Waals surface area contributed by atoms with Gasteiger partial charge in [0, 0.05) is 0 Å².